The number of carbonyl (C=O) groups excluding carboxylic acids is 2. The number of likely N-dealkylation sites (tertiary alicyclic amines) is 1. The van der Waals surface area contributed by atoms with E-state index in [4.69, 9.17) is 5.73 Å². The highest BCUT2D eigenvalue weighted by atomic mass is 16.2. The molecule has 0 saturated carbocycles. The summed E-state index contributed by atoms with van der Waals surface area (Å²) in [6, 6.07) is 13.9. The first-order valence-electron chi connectivity index (χ1n) is 7.72. The minimum Gasteiger partial charge on any atom is -0.368 e. The van der Waals surface area contributed by atoms with Gasteiger partial charge < -0.3 is 10.6 Å². The van der Waals surface area contributed by atoms with Gasteiger partial charge in [0.15, 0.2) is 0 Å². The highest BCUT2D eigenvalue weighted by molar-refractivity contribution is 5.88. The van der Waals surface area contributed by atoms with Gasteiger partial charge in [-0.25, -0.2) is 0 Å². The Bertz CT molecular complexity index is 712. The van der Waals surface area contributed by atoms with Gasteiger partial charge in [0.05, 0.1) is 0 Å². The molecule has 1 heterocycles. The Morgan fingerprint density at radius 1 is 1.18 bits per heavy atom. The van der Waals surface area contributed by atoms with Crippen LogP contribution in [0.4, 0.5) is 0 Å². The van der Waals surface area contributed by atoms with Crippen LogP contribution in [-0.2, 0) is 16.0 Å². The van der Waals surface area contributed by atoms with E-state index >= 15 is 0 Å². The van der Waals surface area contributed by atoms with Crippen molar-refractivity contribution >= 4 is 22.6 Å². The molecule has 1 aliphatic heterocycles. The van der Waals surface area contributed by atoms with Gasteiger partial charge in [-0.2, -0.15) is 0 Å². The summed E-state index contributed by atoms with van der Waals surface area (Å²) in [6.07, 6.45) is 2.64. The molecule has 0 unspecified atom stereocenters. The number of hydrogen-bond acceptors (Lipinski definition) is 2. The molecule has 0 bridgehead atoms. The highest BCUT2D eigenvalue weighted by Crippen LogP contribution is 2.22. The number of nitrogens with two attached hydrogens (primary N) is 1. The molecule has 2 amide bonds. The second kappa shape index (κ2) is 6.18. The predicted molar refractivity (Wildman–Crippen MR) is 88.3 cm³/mol. The molecule has 2 aromatic carbocycles. The maximum atomic E-state index is 12.4. The quantitative estimate of drug-likeness (QED) is 0.942. The van der Waals surface area contributed by atoms with Crippen molar-refractivity contribution < 1.29 is 11.0 Å². The van der Waals surface area contributed by atoms with E-state index in [1.54, 1.807) is 4.90 Å². The summed E-state index contributed by atoms with van der Waals surface area (Å²) in [5.74, 6) is -0.370. The smallest absolute Gasteiger partial charge is 0.240 e. The number of amides is 2. The van der Waals surface area contributed by atoms with Gasteiger partial charge in [-0.1, -0.05) is 42.5 Å². The van der Waals surface area contributed by atoms with Crippen molar-refractivity contribution in [3.05, 3.63) is 48.0 Å². The molecular formula is C18H22N2O2. The number of primary amides is 1. The second-order valence-electron chi connectivity index (χ2n) is 5.79. The lowest BCUT2D eigenvalue weighted by Gasteiger charge is -2.22. The molecule has 3 rings (SSSR count). The van der Waals surface area contributed by atoms with Crippen molar-refractivity contribution in [1.29, 1.82) is 0 Å². The second-order valence-corrected chi connectivity index (χ2v) is 5.79. The van der Waals surface area contributed by atoms with Crippen molar-refractivity contribution in [2.24, 2.45) is 5.73 Å². The molecular weight excluding hydrogens is 276 g/mol. The lowest BCUT2D eigenvalue weighted by Crippen LogP contribution is -2.43. The van der Waals surface area contributed by atoms with Crippen molar-refractivity contribution in [2.75, 3.05) is 6.54 Å². The van der Waals surface area contributed by atoms with E-state index in [0.717, 1.165) is 6.42 Å². The van der Waals surface area contributed by atoms with Gasteiger partial charge in [-0.05, 0) is 35.6 Å². The van der Waals surface area contributed by atoms with Crippen LogP contribution >= 0.6 is 0 Å². The van der Waals surface area contributed by atoms with Gasteiger partial charge in [0.25, 0.3) is 0 Å². The van der Waals surface area contributed by atoms with E-state index < -0.39 is 11.9 Å². The summed E-state index contributed by atoms with van der Waals surface area (Å²) >= 11 is 0. The van der Waals surface area contributed by atoms with E-state index in [0.29, 0.717) is 25.8 Å². The van der Waals surface area contributed by atoms with Crippen LogP contribution in [0.2, 0.25) is 0 Å². The summed E-state index contributed by atoms with van der Waals surface area (Å²) in [5, 5.41) is 2.37. The van der Waals surface area contributed by atoms with Crippen LogP contribution in [-0.4, -0.2) is 29.3 Å². The van der Waals surface area contributed by atoms with Gasteiger partial charge >= 0.3 is 0 Å². The van der Waals surface area contributed by atoms with E-state index in [-0.39, 0.29) is 7.33 Å². The molecule has 0 radical (unpaired) electrons. The summed E-state index contributed by atoms with van der Waals surface area (Å²) in [6.45, 7) is 0.641. The van der Waals surface area contributed by atoms with Crippen LogP contribution in [0.25, 0.3) is 10.8 Å². The SMILES string of the molecule is NC(=O)[C@@H]1CCCN1C(=O)CCc1cccc2ccccc12.[HH]. The summed E-state index contributed by atoms with van der Waals surface area (Å²) in [7, 11) is 0. The molecule has 22 heavy (non-hydrogen) atoms. The third-order valence-corrected chi connectivity index (χ3v) is 4.39. The molecule has 1 atom stereocenters. The number of fused-ring (bicyclic) bond motifs is 1. The van der Waals surface area contributed by atoms with Crippen LogP contribution in [0.5, 0.6) is 0 Å². The van der Waals surface area contributed by atoms with Crippen molar-refractivity contribution in [1.82, 2.24) is 4.90 Å². The maximum absolute atomic E-state index is 12.4. The maximum Gasteiger partial charge on any atom is 0.240 e. The fourth-order valence-corrected chi connectivity index (χ4v) is 3.26. The standard InChI is InChI=1S/C18H20N2O2.H2/c19-18(22)16-9-4-12-20(16)17(21)11-10-14-7-3-6-13-5-1-2-8-15(13)14;/h1-3,5-8,16H,4,9-12H2,(H2,19,22);1H/t16-;/m0./s1. The first kappa shape index (κ1) is 14.6. The lowest BCUT2D eigenvalue weighted by molar-refractivity contribution is -0.137. The summed E-state index contributed by atoms with van der Waals surface area (Å²) < 4.78 is 0. The third-order valence-electron chi connectivity index (χ3n) is 4.39. The minimum absolute atomic E-state index is 0. The molecule has 1 fully saturated rings. The van der Waals surface area contributed by atoms with E-state index in [9.17, 15) is 9.59 Å². The fraction of sp³-hybridized carbons (Fsp3) is 0.333. The molecule has 116 valence electrons. The zero-order valence-corrected chi connectivity index (χ0v) is 12.5. The number of rotatable bonds is 4. The van der Waals surface area contributed by atoms with Crippen LogP contribution in [0.1, 0.15) is 26.3 Å². The molecule has 0 spiro atoms. The number of benzene rings is 2. The van der Waals surface area contributed by atoms with Crippen LogP contribution in [0.3, 0.4) is 0 Å². The highest BCUT2D eigenvalue weighted by Gasteiger charge is 2.32. The molecule has 2 aromatic rings. The van der Waals surface area contributed by atoms with Crippen molar-refractivity contribution in [3.8, 4) is 0 Å². The fourth-order valence-electron chi connectivity index (χ4n) is 3.26. The van der Waals surface area contributed by atoms with Crippen molar-refractivity contribution in [2.45, 2.75) is 31.7 Å². The van der Waals surface area contributed by atoms with Crippen LogP contribution in [0.15, 0.2) is 42.5 Å². The zero-order valence-electron chi connectivity index (χ0n) is 12.5. The Morgan fingerprint density at radius 2 is 1.95 bits per heavy atom. The van der Waals surface area contributed by atoms with Crippen LogP contribution in [0, 0.1) is 0 Å². The molecule has 0 aliphatic carbocycles. The Kier molecular flexibility index (Phi) is 4.09. The Labute approximate surface area is 131 Å². The Morgan fingerprint density at radius 3 is 2.77 bits per heavy atom. The first-order chi connectivity index (χ1) is 10.7. The van der Waals surface area contributed by atoms with Crippen LogP contribution < -0.4 is 5.73 Å². The van der Waals surface area contributed by atoms with E-state index in [1.165, 1.54) is 16.3 Å². The lowest BCUT2D eigenvalue weighted by atomic mass is 10.0. The average molecular weight is 298 g/mol. The topological polar surface area (TPSA) is 63.4 Å². The van der Waals surface area contributed by atoms with Gasteiger partial charge in [-0.3, -0.25) is 9.59 Å². The van der Waals surface area contributed by atoms with Gasteiger partial charge in [0, 0.05) is 14.4 Å². The molecule has 4 nitrogen and oxygen atoms in total. The molecule has 1 aliphatic rings. The number of hydrogen-bond donors (Lipinski definition) is 1. The predicted octanol–water partition coefficient (Wildman–Crippen LogP) is 2.49. The third kappa shape index (κ3) is 2.82. The van der Waals surface area contributed by atoms with Gasteiger partial charge in [-0.15, -0.1) is 0 Å². The number of aryl methyl sites for hydroxylation is 1. The molecule has 0 aromatic heterocycles. The molecule has 4 heteroatoms. The minimum atomic E-state index is -0.417. The number of carbonyl (C=O) groups is 2. The monoisotopic (exact) mass is 298 g/mol. The first-order valence-corrected chi connectivity index (χ1v) is 7.72. The number of nitrogens with zero attached hydrogens (tertiary/aromatic N) is 1. The van der Waals surface area contributed by atoms with Gasteiger partial charge in [0.2, 0.25) is 11.8 Å². The van der Waals surface area contributed by atoms with Crippen molar-refractivity contribution in [3.63, 3.8) is 0 Å². The van der Waals surface area contributed by atoms with E-state index in [2.05, 4.69) is 24.3 Å². The summed E-state index contributed by atoms with van der Waals surface area (Å²) in [5.41, 5.74) is 6.54. The molecule has 1 saturated heterocycles. The molecule has 2 N–H and O–H groups in total. The zero-order chi connectivity index (χ0) is 15.5. The normalized spacial score (nSPS) is 17.8. The van der Waals surface area contributed by atoms with Gasteiger partial charge in [0.1, 0.15) is 6.04 Å². The average Bonchev–Trinajstić information content (AvgIpc) is 3.02. The summed E-state index contributed by atoms with van der Waals surface area (Å²) in [4.78, 5) is 25.4. The van der Waals surface area contributed by atoms with E-state index in [1.807, 2.05) is 18.2 Å². The Hall–Kier alpha value is -2.36. The largest absolute Gasteiger partial charge is 0.368 e. The Balaban J connectivity index is 0.00000192.